The first-order chi connectivity index (χ1) is 15.2. The van der Waals surface area contributed by atoms with E-state index in [0.717, 1.165) is 34.3 Å². The Morgan fingerprint density at radius 2 is 1.94 bits per heavy atom. The van der Waals surface area contributed by atoms with Crippen molar-refractivity contribution in [1.82, 2.24) is 19.7 Å². The summed E-state index contributed by atoms with van der Waals surface area (Å²) >= 11 is 1.74. The second kappa shape index (κ2) is 10.2. The fraction of sp³-hybridized carbons (Fsp3) is 0.250. The molecule has 0 aliphatic heterocycles. The van der Waals surface area contributed by atoms with Crippen LogP contribution < -0.4 is 5.32 Å². The van der Waals surface area contributed by atoms with Crippen LogP contribution in [-0.4, -0.2) is 32.0 Å². The van der Waals surface area contributed by atoms with Crippen LogP contribution >= 0.6 is 11.8 Å². The van der Waals surface area contributed by atoms with E-state index in [-0.39, 0.29) is 11.9 Å². The van der Waals surface area contributed by atoms with E-state index in [2.05, 4.69) is 15.0 Å². The van der Waals surface area contributed by atoms with Gasteiger partial charge in [0.05, 0.1) is 18.1 Å². The van der Waals surface area contributed by atoms with Gasteiger partial charge in [-0.1, -0.05) is 18.2 Å². The monoisotopic (exact) mass is 434 g/mol. The van der Waals surface area contributed by atoms with Crippen molar-refractivity contribution in [2.75, 3.05) is 5.75 Å². The second-order valence-corrected chi connectivity index (χ2v) is 8.49. The Kier molecular flexibility index (Phi) is 6.94. The number of nitrogens with zero attached hydrogens (tertiary/aromatic N) is 3. The Morgan fingerprint density at radius 3 is 2.68 bits per heavy atom. The lowest BCUT2D eigenvalue weighted by molar-refractivity contribution is -0.121. The number of benzene rings is 1. The van der Waals surface area contributed by atoms with Gasteiger partial charge in [0.25, 0.3) is 0 Å². The number of nitrogens with one attached hydrogen (secondary N) is 1. The maximum Gasteiger partial charge on any atom is 0.221 e. The van der Waals surface area contributed by atoms with Gasteiger partial charge in [-0.25, -0.2) is 4.68 Å². The third-order valence-electron chi connectivity index (χ3n) is 4.89. The third kappa shape index (κ3) is 5.49. The van der Waals surface area contributed by atoms with Crippen LogP contribution in [-0.2, 0) is 17.0 Å². The van der Waals surface area contributed by atoms with E-state index >= 15 is 0 Å². The molecular weight excluding hydrogens is 408 g/mol. The Bertz CT molecular complexity index is 1070. The normalized spacial score (nSPS) is 12.0. The smallest absolute Gasteiger partial charge is 0.221 e. The van der Waals surface area contributed by atoms with Crippen molar-refractivity contribution in [3.8, 4) is 11.5 Å². The average molecular weight is 435 g/mol. The molecule has 1 N–H and O–H groups in total. The molecule has 0 bridgehead atoms. The fourth-order valence-corrected chi connectivity index (χ4v) is 4.36. The van der Waals surface area contributed by atoms with E-state index in [1.54, 1.807) is 18.0 Å². The summed E-state index contributed by atoms with van der Waals surface area (Å²) < 4.78 is 9.38. The molecule has 0 radical (unpaired) electrons. The van der Waals surface area contributed by atoms with Gasteiger partial charge in [0.1, 0.15) is 11.6 Å². The summed E-state index contributed by atoms with van der Waals surface area (Å²) in [5.74, 6) is 3.52. The molecule has 0 saturated carbocycles. The summed E-state index contributed by atoms with van der Waals surface area (Å²) in [4.78, 5) is 12.3. The van der Waals surface area contributed by atoms with Gasteiger partial charge in [0, 0.05) is 48.3 Å². The number of carbonyl (C=O) groups excluding carboxylic acids is 1. The first-order valence-electron chi connectivity index (χ1n) is 10.4. The lowest BCUT2D eigenvalue weighted by atomic mass is 10.2. The highest BCUT2D eigenvalue weighted by Gasteiger charge is 2.14. The minimum atomic E-state index is 0.0492. The molecule has 160 valence electrons. The molecule has 7 heteroatoms. The summed E-state index contributed by atoms with van der Waals surface area (Å²) in [6.07, 6.45) is 8.81. The molecule has 1 atom stereocenters. The van der Waals surface area contributed by atoms with Gasteiger partial charge in [0.2, 0.25) is 5.91 Å². The van der Waals surface area contributed by atoms with E-state index in [9.17, 15) is 4.79 Å². The molecule has 0 fully saturated rings. The van der Waals surface area contributed by atoms with E-state index in [0.29, 0.717) is 12.8 Å². The van der Waals surface area contributed by atoms with Crippen molar-refractivity contribution in [3.63, 3.8) is 0 Å². The topological polar surface area (TPSA) is 65.0 Å². The summed E-state index contributed by atoms with van der Waals surface area (Å²) in [5.41, 5.74) is 2.16. The highest BCUT2D eigenvalue weighted by Crippen LogP contribution is 2.24. The number of rotatable bonds is 10. The molecule has 0 aliphatic carbocycles. The first kappa shape index (κ1) is 21.1. The van der Waals surface area contributed by atoms with Crippen molar-refractivity contribution >= 4 is 17.7 Å². The van der Waals surface area contributed by atoms with Crippen molar-refractivity contribution in [3.05, 3.63) is 90.8 Å². The number of amides is 1. The molecule has 0 unspecified atom stereocenters. The van der Waals surface area contributed by atoms with Crippen LogP contribution in [0, 0.1) is 0 Å². The molecule has 0 spiro atoms. The zero-order chi connectivity index (χ0) is 21.5. The minimum Gasteiger partial charge on any atom is -0.469 e. The Hall–Kier alpha value is -3.19. The lowest BCUT2D eigenvalue weighted by Gasteiger charge is -2.13. The van der Waals surface area contributed by atoms with Crippen molar-refractivity contribution in [2.45, 2.75) is 31.6 Å². The SMILES string of the molecule is C[C@H](Cc1ccco1)NC(=O)CCSCc1cnn(-c2ccccc2)c1-n1cccc1. The van der Waals surface area contributed by atoms with Crippen molar-refractivity contribution < 1.29 is 9.21 Å². The van der Waals surface area contributed by atoms with Crippen molar-refractivity contribution in [1.29, 1.82) is 0 Å². The molecule has 4 aromatic rings. The van der Waals surface area contributed by atoms with Gasteiger partial charge in [-0.3, -0.25) is 4.79 Å². The summed E-state index contributed by atoms with van der Waals surface area (Å²) in [5, 5.41) is 7.67. The number of aromatic nitrogens is 3. The number of hydrogen-bond acceptors (Lipinski definition) is 4. The average Bonchev–Trinajstić information content (AvgIpc) is 3.53. The van der Waals surface area contributed by atoms with Crippen LogP contribution in [0.2, 0.25) is 0 Å². The van der Waals surface area contributed by atoms with Crippen molar-refractivity contribution in [2.24, 2.45) is 0 Å². The minimum absolute atomic E-state index is 0.0492. The third-order valence-corrected chi connectivity index (χ3v) is 5.90. The molecule has 1 amide bonds. The molecule has 4 rings (SSSR count). The molecule has 6 nitrogen and oxygen atoms in total. The van der Waals surface area contributed by atoms with E-state index < -0.39 is 0 Å². The van der Waals surface area contributed by atoms with Crippen LogP contribution in [0.1, 0.15) is 24.7 Å². The molecule has 0 saturated heterocycles. The molecular formula is C24H26N4O2S. The van der Waals surface area contributed by atoms with Gasteiger partial charge in [-0.05, 0) is 43.3 Å². The highest BCUT2D eigenvalue weighted by molar-refractivity contribution is 7.98. The molecule has 31 heavy (non-hydrogen) atoms. The maximum atomic E-state index is 12.3. The summed E-state index contributed by atoms with van der Waals surface area (Å²) in [6, 6.07) is 18.0. The standard InChI is InChI=1S/C24H26N4O2S/c1-19(16-22-10-7-14-30-22)26-23(29)11-15-31-18-20-17-25-28(21-8-3-2-4-9-21)24(20)27-12-5-6-13-27/h2-10,12-14,17,19H,11,15-16,18H2,1H3,(H,26,29)/t19-/m1/s1. The predicted molar refractivity (Wildman–Crippen MR) is 124 cm³/mol. The number of furan rings is 1. The fourth-order valence-electron chi connectivity index (χ4n) is 3.46. The number of carbonyl (C=O) groups is 1. The van der Waals surface area contributed by atoms with Gasteiger partial charge in [-0.2, -0.15) is 16.9 Å². The van der Waals surface area contributed by atoms with Gasteiger partial charge in [0.15, 0.2) is 0 Å². The van der Waals surface area contributed by atoms with Crippen LogP contribution in [0.15, 0.2) is 83.9 Å². The summed E-state index contributed by atoms with van der Waals surface area (Å²) in [7, 11) is 0. The van der Waals surface area contributed by atoms with Crippen LogP contribution in [0.25, 0.3) is 11.5 Å². The quantitative estimate of drug-likeness (QED) is 0.370. The molecule has 3 heterocycles. The highest BCUT2D eigenvalue weighted by atomic mass is 32.2. The predicted octanol–water partition coefficient (Wildman–Crippen LogP) is 4.63. The zero-order valence-corrected chi connectivity index (χ0v) is 18.3. The number of thioether (sulfide) groups is 1. The first-order valence-corrected chi connectivity index (χ1v) is 11.5. The second-order valence-electron chi connectivity index (χ2n) is 7.39. The molecule has 0 aliphatic rings. The van der Waals surface area contributed by atoms with E-state index in [1.165, 1.54) is 0 Å². The van der Waals surface area contributed by atoms with Crippen LogP contribution in [0.4, 0.5) is 0 Å². The Morgan fingerprint density at radius 1 is 1.13 bits per heavy atom. The van der Waals surface area contributed by atoms with E-state index in [4.69, 9.17) is 4.42 Å². The largest absolute Gasteiger partial charge is 0.469 e. The maximum absolute atomic E-state index is 12.3. The Labute approximate surface area is 186 Å². The van der Waals surface area contributed by atoms with Crippen LogP contribution in [0.5, 0.6) is 0 Å². The number of hydrogen-bond donors (Lipinski definition) is 1. The van der Waals surface area contributed by atoms with Crippen LogP contribution in [0.3, 0.4) is 0 Å². The van der Waals surface area contributed by atoms with E-state index in [1.807, 2.05) is 84.8 Å². The summed E-state index contributed by atoms with van der Waals surface area (Å²) in [6.45, 7) is 1.99. The van der Waals surface area contributed by atoms with Gasteiger partial charge >= 0.3 is 0 Å². The Balaban J connectivity index is 1.33. The lowest BCUT2D eigenvalue weighted by Crippen LogP contribution is -2.34. The molecule has 3 aromatic heterocycles. The molecule has 1 aromatic carbocycles. The zero-order valence-electron chi connectivity index (χ0n) is 17.5. The van der Waals surface area contributed by atoms with Gasteiger partial charge < -0.3 is 14.3 Å². The van der Waals surface area contributed by atoms with Gasteiger partial charge in [-0.15, -0.1) is 0 Å². The number of para-hydroxylation sites is 1.